The van der Waals surface area contributed by atoms with Crippen LogP contribution in [0, 0.1) is 11.7 Å². The number of nitrogens with zero attached hydrogens (tertiary/aromatic N) is 1. The molecule has 5 nitrogen and oxygen atoms in total. The van der Waals surface area contributed by atoms with E-state index in [9.17, 15) is 14.0 Å². The first kappa shape index (κ1) is 16.9. The monoisotopic (exact) mass is 295 g/mol. The summed E-state index contributed by atoms with van der Waals surface area (Å²) in [6, 6.07) is 5.17. The fourth-order valence-corrected chi connectivity index (χ4v) is 1.62. The number of benzene rings is 1. The van der Waals surface area contributed by atoms with Crippen LogP contribution in [0.1, 0.15) is 20.3 Å². The van der Waals surface area contributed by atoms with Crippen LogP contribution in [0.5, 0.6) is 0 Å². The molecule has 0 atom stereocenters. The number of carbonyl (C=O) groups excluding carboxylic acids is 2. The molecule has 0 aliphatic rings. The highest BCUT2D eigenvalue weighted by Crippen LogP contribution is 2.08. The molecule has 3 amide bonds. The predicted octanol–water partition coefficient (Wildman–Crippen LogP) is 2.45. The van der Waals surface area contributed by atoms with Crippen molar-refractivity contribution in [3.63, 3.8) is 0 Å². The molecule has 6 heteroatoms. The Morgan fingerprint density at radius 2 is 1.86 bits per heavy atom. The van der Waals surface area contributed by atoms with E-state index in [0.29, 0.717) is 18.2 Å². The van der Waals surface area contributed by atoms with Crippen molar-refractivity contribution >= 4 is 17.6 Å². The Hall–Kier alpha value is -2.11. The molecule has 1 aromatic carbocycles. The van der Waals surface area contributed by atoms with Crippen LogP contribution in [0.15, 0.2) is 24.3 Å². The summed E-state index contributed by atoms with van der Waals surface area (Å²) >= 11 is 0. The zero-order chi connectivity index (χ0) is 15.8. The minimum Gasteiger partial charge on any atom is -0.338 e. The Labute approximate surface area is 124 Å². The molecule has 1 aromatic rings. The first-order valence-corrected chi connectivity index (χ1v) is 6.93. The molecule has 0 radical (unpaired) electrons. The van der Waals surface area contributed by atoms with E-state index < -0.39 is 0 Å². The number of hydrogen-bond donors (Lipinski definition) is 2. The van der Waals surface area contributed by atoms with Gasteiger partial charge in [0.1, 0.15) is 12.4 Å². The summed E-state index contributed by atoms with van der Waals surface area (Å²) in [5, 5.41) is 5.35. The summed E-state index contributed by atoms with van der Waals surface area (Å²) in [4.78, 5) is 24.8. The Morgan fingerprint density at radius 1 is 1.24 bits per heavy atom. The molecule has 21 heavy (non-hydrogen) atoms. The fourth-order valence-electron chi connectivity index (χ4n) is 1.62. The maximum atomic E-state index is 12.7. The first-order chi connectivity index (χ1) is 9.88. The molecule has 0 spiro atoms. The van der Waals surface area contributed by atoms with Gasteiger partial charge < -0.3 is 15.5 Å². The largest absolute Gasteiger partial charge is 0.338 e. The highest BCUT2D eigenvalue weighted by Gasteiger charge is 2.12. The molecule has 0 aliphatic heterocycles. The number of urea groups is 1. The van der Waals surface area contributed by atoms with Crippen LogP contribution in [-0.2, 0) is 4.79 Å². The normalized spacial score (nSPS) is 10.3. The van der Waals surface area contributed by atoms with E-state index in [1.165, 1.54) is 29.2 Å². The molecule has 0 unspecified atom stereocenters. The van der Waals surface area contributed by atoms with E-state index in [1.54, 1.807) is 7.05 Å². The smallest absolute Gasteiger partial charge is 0.317 e. The van der Waals surface area contributed by atoms with Crippen molar-refractivity contribution < 1.29 is 14.0 Å². The first-order valence-electron chi connectivity index (χ1n) is 6.93. The predicted molar refractivity (Wildman–Crippen MR) is 80.5 cm³/mol. The number of likely N-dealkylation sites (N-methyl/N-ethyl adjacent to an activating group) is 1. The van der Waals surface area contributed by atoms with Crippen LogP contribution in [0.4, 0.5) is 14.9 Å². The Morgan fingerprint density at radius 3 is 2.43 bits per heavy atom. The van der Waals surface area contributed by atoms with Crippen molar-refractivity contribution in [1.82, 2.24) is 10.2 Å². The van der Waals surface area contributed by atoms with Gasteiger partial charge in [0.05, 0.1) is 0 Å². The number of nitrogens with one attached hydrogen (secondary N) is 2. The number of anilines is 1. The summed E-state index contributed by atoms with van der Waals surface area (Å²) in [5.74, 6) is -0.185. The van der Waals surface area contributed by atoms with Gasteiger partial charge in [0.15, 0.2) is 0 Å². The van der Waals surface area contributed by atoms with Gasteiger partial charge >= 0.3 is 6.03 Å². The summed E-state index contributed by atoms with van der Waals surface area (Å²) < 4.78 is 12.7. The highest BCUT2D eigenvalue weighted by atomic mass is 19.1. The third-order valence-corrected chi connectivity index (χ3v) is 2.85. The summed E-state index contributed by atoms with van der Waals surface area (Å²) in [5.41, 5.74) is 0.495. The van der Waals surface area contributed by atoms with Gasteiger partial charge in [-0.2, -0.15) is 0 Å². The van der Waals surface area contributed by atoms with E-state index in [1.807, 2.05) is 0 Å². The van der Waals surface area contributed by atoms with Crippen LogP contribution >= 0.6 is 0 Å². The lowest BCUT2D eigenvalue weighted by Crippen LogP contribution is -2.42. The van der Waals surface area contributed by atoms with Crippen molar-refractivity contribution in [3.05, 3.63) is 30.1 Å². The highest BCUT2D eigenvalue weighted by molar-refractivity contribution is 5.94. The van der Waals surface area contributed by atoms with Crippen molar-refractivity contribution in [2.24, 2.45) is 5.92 Å². The molecule has 0 bridgehead atoms. The van der Waals surface area contributed by atoms with Crippen molar-refractivity contribution in [2.75, 3.05) is 25.5 Å². The lowest BCUT2D eigenvalue weighted by Gasteiger charge is -2.18. The Kier molecular flexibility index (Phi) is 6.65. The van der Waals surface area contributed by atoms with Gasteiger partial charge in [0.25, 0.3) is 0 Å². The minimum absolute atomic E-state index is 0.0646. The number of halogens is 1. The van der Waals surface area contributed by atoms with Crippen molar-refractivity contribution in [3.8, 4) is 0 Å². The van der Waals surface area contributed by atoms with Crippen molar-refractivity contribution in [2.45, 2.75) is 20.3 Å². The van der Waals surface area contributed by atoms with E-state index in [2.05, 4.69) is 24.5 Å². The van der Waals surface area contributed by atoms with Gasteiger partial charge in [-0.25, -0.2) is 9.18 Å². The van der Waals surface area contributed by atoms with E-state index in [4.69, 9.17) is 0 Å². The van der Waals surface area contributed by atoms with Crippen LogP contribution < -0.4 is 10.6 Å². The van der Waals surface area contributed by atoms with Crippen LogP contribution in [-0.4, -0.2) is 37.0 Å². The Bertz CT molecular complexity index is 474. The maximum Gasteiger partial charge on any atom is 0.317 e. The summed E-state index contributed by atoms with van der Waals surface area (Å²) in [7, 11) is 1.55. The van der Waals surface area contributed by atoms with Gasteiger partial charge in [-0.05, 0) is 36.6 Å². The molecule has 0 saturated heterocycles. The SMILES string of the molecule is CC(C)CCNC(=O)N(C)CC(=O)Nc1ccc(F)cc1. The third kappa shape index (κ3) is 6.74. The topological polar surface area (TPSA) is 61.4 Å². The second-order valence-corrected chi connectivity index (χ2v) is 5.33. The molecule has 2 N–H and O–H groups in total. The molecule has 0 fully saturated rings. The molecular formula is C15H22FN3O2. The lowest BCUT2D eigenvalue weighted by atomic mass is 10.1. The molecule has 0 aliphatic carbocycles. The molecule has 1 rings (SSSR count). The Balaban J connectivity index is 2.35. The summed E-state index contributed by atoms with van der Waals surface area (Å²) in [6.07, 6.45) is 0.890. The maximum absolute atomic E-state index is 12.7. The standard InChI is InChI=1S/C15H22FN3O2/c1-11(2)8-9-17-15(21)19(3)10-14(20)18-13-6-4-12(16)5-7-13/h4-7,11H,8-10H2,1-3H3,(H,17,21)(H,18,20). The lowest BCUT2D eigenvalue weighted by molar-refractivity contribution is -0.116. The zero-order valence-corrected chi connectivity index (χ0v) is 12.6. The zero-order valence-electron chi connectivity index (χ0n) is 12.6. The number of hydrogen-bond acceptors (Lipinski definition) is 2. The molecule has 116 valence electrons. The van der Waals surface area contributed by atoms with Crippen molar-refractivity contribution in [1.29, 1.82) is 0 Å². The van der Waals surface area contributed by atoms with Gasteiger partial charge in [-0.15, -0.1) is 0 Å². The van der Waals surface area contributed by atoms with E-state index in [-0.39, 0.29) is 24.3 Å². The van der Waals surface area contributed by atoms with Crippen LogP contribution in [0.3, 0.4) is 0 Å². The fraction of sp³-hybridized carbons (Fsp3) is 0.467. The van der Waals surface area contributed by atoms with Crippen LogP contribution in [0.25, 0.3) is 0 Å². The van der Waals surface area contributed by atoms with E-state index >= 15 is 0 Å². The number of amides is 3. The average molecular weight is 295 g/mol. The minimum atomic E-state index is -0.366. The molecular weight excluding hydrogens is 273 g/mol. The molecule has 0 heterocycles. The second-order valence-electron chi connectivity index (χ2n) is 5.33. The average Bonchev–Trinajstić information content (AvgIpc) is 2.40. The summed E-state index contributed by atoms with van der Waals surface area (Å²) in [6.45, 7) is 4.67. The quantitative estimate of drug-likeness (QED) is 0.847. The number of carbonyl (C=O) groups is 2. The number of rotatable bonds is 6. The van der Waals surface area contributed by atoms with E-state index in [0.717, 1.165) is 6.42 Å². The van der Waals surface area contributed by atoms with Gasteiger partial charge in [0.2, 0.25) is 5.91 Å². The second kappa shape index (κ2) is 8.24. The van der Waals surface area contributed by atoms with Gasteiger partial charge in [0, 0.05) is 19.3 Å². The molecule has 0 aromatic heterocycles. The molecule has 0 saturated carbocycles. The van der Waals surface area contributed by atoms with Gasteiger partial charge in [-0.3, -0.25) is 4.79 Å². The third-order valence-electron chi connectivity index (χ3n) is 2.85. The van der Waals surface area contributed by atoms with Crippen LogP contribution in [0.2, 0.25) is 0 Å². The van der Waals surface area contributed by atoms with Gasteiger partial charge in [-0.1, -0.05) is 13.8 Å².